The van der Waals surface area contributed by atoms with Crippen molar-refractivity contribution in [3.05, 3.63) is 91.9 Å². The summed E-state index contributed by atoms with van der Waals surface area (Å²) in [6, 6.07) is 9.91. The Hall–Kier alpha value is -6.60. The minimum Gasteiger partial charge on any atom is -0.494 e. The number of ketones is 2. The van der Waals surface area contributed by atoms with Crippen LogP contribution in [0, 0.1) is 12.8 Å². The average Bonchev–Trinajstić information content (AvgIpc) is 4.29. The summed E-state index contributed by atoms with van der Waals surface area (Å²) >= 11 is 1.41. The van der Waals surface area contributed by atoms with Gasteiger partial charge in [-0.1, -0.05) is 69.9 Å². The number of thiazole rings is 1. The molecular formula is C59H77N11O7S. The van der Waals surface area contributed by atoms with Gasteiger partial charge < -0.3 is 35.4 Å². The molecule has 18 nitrogen and oxygen atoms in total. The van der Waals surface area contributed by atoms with Crippen LogP contribution in [0.3, 0.4) is 0 Å². The number of carbonyl (C=O) groups is 5. The molecular weight excluding hydrogens is 1010 g/mol. The van der Waals surface area contributed by atoms with Crippen LogP contribution in [0.2, 0.25) is 0 Å². The summed E-state index contributed by atoms with van der Waals surface area (Å²) in [5.74, 6) is 1.18. The van der Waals surface area contributed by atoms with Crippen LogP contribution in [0.5, 0.6) is 5.75 Å². The van der Waals surface area contributed by atoms with Gasteiger partial charge >= 0.3 is 0 Å². The molecule has 4 aliphatic rings. The lowest BCUT2D eigenvalue weighted by molar-refractivity contribution is -0.139. The third-order valence-corrected chi connectivity index (χ3v) is 17.4. The zero-order valence-corrected chi connectivity index (χ0v) is 46.7. The number of rotatable bonds is 23. The first-order chi connectivity index (χ1) is 37.9. The smallest absolute Gasteiger partial charge is 0.263 e. The number of piperazine rings is 1. The molecule has 3 N–H and O–H groups in total. The SMILES string of the molecule is CNC(C)C(=O)N[C@H](C(=O)N1CCCC1c1nc(C(=O)c2cccc(OCCCCCCCCC(=O)N3CCN(c4ccc(Nc5ncc6c(C)c(C(C)=O)c(=O)n(C7CCCC7)c6n5)nc4)CC3)c2)cs1)C1CCCCC1. The third kappa shape index (κ3) is 13.3. The Morgan fingerprint density at radius 3 is 2.29 bits per heavy atom. The number of aromatic nitrogens is 5. The Balaban J connectivity index is 0.662. The highest BCUT2D eigenvalue weighted by atomic mass is 32.1. The molecule has 19 heteroatoms. The lowest BCUT2D eigenvalue weighted by Crippen LogP contribution is -2.55. The zero-order chi connectivity index (χ0) is 54.7. The van der Waals surface area contributed by atoms with Crippen molar-refractivity contribution in [3.8, 4) is 5.75 Å². The number of carbonyl (C=O) groups excluding carboxylic acids is 5. The normalized spacial score (nSPS) is 18.1. The molecule has 5 aromatic rings. The van der Waals surface area contributed by atoms with Crippen LogP contribution in [-0.2, 0) is 14.4 Å². The maximum Gasteiger partial charge on any atom is 0.263 e. The van der Waals surface area contributed by atoms with Gasteiger partial charge in [0.05, 0.1) is 36.1 Å². The Labute approximate surface area is 461 Å². The van der Waals surface area contributed by atoms with E-state index in [9.17, 15) is 28.8 Å². The molecule has 0 radical (unpaired) electrons. The third-order valence-electron chi connectivity index (χ3n) is 16.5. The number of nitrogens with one attached hydrogen (secondary N) is 3. The van der Waals surface area contributed by atoms with Gasteiger partial charge in [0.25, 0.3) is 5.56 Å². The molecule has 2 aliphatic carbocycles. The van der Waals surface area contributed by atoms with Crippen molar-refractivity contribution in [1.82, 2.24) is 44.9 Å². The number of fused-ring (bicyclic) bond motifs is 1. The molecule has 4 aromatic heterocycles. The number of amides is 3. The summed E-state index contributed by atoms with van der Waals surface area (Å²) in [7, 11) is 1.74. The zero-order valence-electron chi connectivity index (χ0n) is 45.9. The molecule has 6 heterocycles. The van der Waals surface area contributed by atoms with Gasteiger partial charge in [0.15, 0.2) is 5.78 Å². The average molecular weight is 1080 g/mol. The van der Waals surface area contributed by atoms with Gasteiger partial charge in [0, 0.05) is 67.7 Å². The van der Waals surface area contributed by atoms with Gasteiger partial charge in [-0.25, -0.2) is 15.0 Å². The topological polar surface area (TPSA) is 214 Å². The molecule has 416 valence electrons. The van der Waals surface area contributed by atoms with Crippen LogP contribution >= 0.6 is 11.3 Å². The first-order valence-electron chi connectivity index (χ1n) is 28.6. The van der Waals surface area contributed by atoms with Gasteiger partial charge in [0.2, 0.25) is 29.5 Å². The fourth-order valence-electron chi connectivity index (χ4n) is 11.9. The van der Waals surface area contributed by atoms with Crippen LogP contribution < -0.4 is 31.1 Å². The second-order valence-corrected chi connectivity index (χ2v) is 22.6. The van der Waals surface area contributed by atoms with E-state index in [0.29, 0.717) is 78.0 Å². The van der Waals surface area contributed by atoms with E-state index in [0.717, 1.165) is 133 Å². The summed E-state index contributed by atoms with van der Waals surface area (Å²) in [5.41, 5.74) is 2.88. The quantitative estimate of drug-likeness (QED) is 0.0411. The molecule has 2 unspecified atom stereocenters. The van der Waals surface area contributed by atoms with E-state index < -0.39 is 12.1 Å². The number of anilines is 3. The van der Waals surface area contributed by atoms with E-state index in [4.69, 9.17) is 14.7 Å². The Kier molecular flexibility index (Phi) is 19.0. The highest BCUT2D eigenvalue weighted by Gasteiger charge is 2.40. The predicted molar refractivity (Wildman–Crippen MR) is 303 cm³/mol. The predicted octanol–water partition coefficient (Wildman–Crippen LogP) is 9.04. The Bertz CT molecular complexity index is 2980. The number of Topliss-reactive ketones (excluding diaryl/α,β-unsaturated/α-hetero) is 1. The summed E-state index contributed by atoms with van der Waals surface area (Å²) in [6.07, 6.45) is 20.4. The van der Waals surface area contributed by atoms with Gasteiger partial charge in [-0.05, 0) is 115 Å². The number of likely N-dealkylation sites (tertiary alicyclic amines) is 1. The highest BCUT2D eigenvalue weighted by molar-refractivity contribution is 7.10. The number of hydrogen-bond donors (Lipinski definition) is 3. The summed E-state index contributed by atoms with van der Waals surface area (Å²) in [6.45, 7) is 8.91. The summed E-state index contributed by atoms with van der Waals surface area (Å²) < 4.78 is 7.79. The van der Waals surface area contributed by atoms with E-state index in [1.54, 1.807) is 49.2 Å². The number of ether oxygens (including phenoxy) is 1. The standard InChI is InChI=1S/C59H77N11O7S/c1-38-46-36-62-59(66-54(46)70(43-21-13-14-22-43)57(75)51(38)40(3)71)64-49-27-26-44(35-61-49)67-29-31-68(32-30-67)50(72)25-12-7-5-6-8-15-33-77-45-23-16-20-42(34-45)53(73)47-37-78-56(63-47)48-24-17-28-69(48)58(76)52(41-18-10-9-11-19-41)65-55(74)39(2)60-4/h16,20,23,26-27,34-37,39,41,43,48,52,60H,5-15,17-19,21-22,24-25,28-33H2,1-4H3,(H,65,74)(H,61,62,64,66)/t39?,48?,52-/m0/s1. The van der Waals surface area contributed by atoms with Crippen LogP contribution in [0.1, 0.15) is 178 Å². The number of likely N-dealkylation sites (N-methyl/N-ethyl adjacent to an activating group) is 1. The van der Waals surface area contributed by atoms with E-state index >= 15 is 0 Å². The molecule has 1 aromatic carbocycles. The molecule has 78 heavy (non-hydrogen) atoms. The van der Waals surface area contributed by atoms with E-state index in [1.807, 2.05) is 40.3 Å². The Morgan fingerprint density at radius 2 is 1.56 bits per heavy atom. The second-order valence-electron chi connectivity index (χ2n) is 21.7. The van der Waals surface area contributed by atoms with Crippen LogP contribution in [-0.4, -0.2) is 122 Å². The maximum absolute atomic E-state index is 14.2. The van der Waals surface area contributed by atoms with Gasteiger partial charge in [-0.3, -0.25) is 33.3 Å². The lowest BCUT2D eigenvalue weighted by Gasteiger charge is -2.36. The van der Waals surface area contributed by atoms with E-state index in [-0.39, 0.29) is 58.4 Å². The minimum absolute atomic E-state index is 0.00387. The molecule has 2 saturated heterocycles. The number of aryl methyl sites for hydroxylation is 1. The fourth-order valence-corrected chi connectivity index (χ4v) is 12.8. The highest BCUT2D eigenvalue weighted by Crippen LogP contribution is 2.37. The van der Waals surface area contributed by atoms with Crippen molar-refractivity contribution in [2.24, 2.45) is 5.92 Å². The monoisotopic (exact) mass is 1080 g/mol. The number of benzene rings is 1. The molecule has 3 atom stereocenters. The van der Waals surface area contributed by atoms with E-state index in [2.05, 4.69) is 30.8 Å². The van der Waals surface area contributed by atoms with Gasteiger partial charge in [-0.15, -0.1) is 11.3 Å². The molecule has 4 fully saturated rings. The Morgan fingerprint density at radius 1 is 0.821 bits per heavy atom. The number of nitrogens with zero attached hydrogens (tertiary/aromatic N) is 8. The first kappa shape index (κ1) is 56.1. The molecule has 0 spiro atoms. The lowest BCUT2D eigenvalue weighted by atomic mass is 9.83. The minimum atomic E-state index is -0.576. The van der Waals surface area contributed by atoms with Crippen LogP contribution in [0.15, 0.2) is 59.0 Å². The summed E-state index contributed by atoms with van der Waals surface area (Å²) in [4.78, 5) is 105. The first-order valence-corrected chi connectivity index (χ1v) is 29.5. The molecule has 2 saturated carbocycles. The van der Waals surface area contributed by atoms with Crippen molar-refractivity contribution in [2.75, 3.05) is 56.6 Å². The van der Waals surface area contributed by atoms with E-state index in [1.165, 1.54) is 18.3 Å². The van der Waals surface area contributed by atoms with Crippen molar-refractivity contribution in [3.63, 3.8) is 0 Å². The van der Waals surface area contributed by atoms with Gasteiger partial charge in [0.1, 0.15) is 34.0 Å². The van der Waals surface area contributed by atoms with Crippen molar-refractivity contribution >= 4 is 69.1 Å². The van der Waals surface area contributed by atoms with Crippen molar-refractivity contribution in [1.29, 1.82) is 0 Å². The van der Waals surface area contributed by atoms with Gasteiger partial charge in [-0.2, -0.15) is 4.98 Å². The number of unbranched alkanes of at least 4 members (excludes halogenated alkanes) is 5. The maximum atomic E-state index is 14.2. The van der Waals surface area contributed by atoms with Crippen molar-refractivity contribution in [2.45, 2.75) is 161 Å². The molecule has 9 rings (SSSR count). The largest absolute Gasteiger partial charge is 0.494 e. The van der Waals surface area contributed by atoms with Crippen LogP contribution in [0.4, 0.5) is 17.5 Å². The molecule has 2 aliphatic heterocycles. The number of hydrogen-bond acceptors (Lipinski definition) is 15. The van der Waals surface area contributed by atoms with Crippen LogP contribution in [0.25, 0.3) is 11.0 Å². The number of pyridine rings is 2. The molecule has 3 amide bonds. The second kappa shape index (κ2) is 26.4. The molecule has 0 bridgehead atoms. The fraction of sp³-hybridized carbons (Fsp3) is 0.559. The summed E-state index contributed by atoms with van der Waals surface area (Å²) in [5, 5.41) is 12.5. The van der Waals surface area contributed by atoms with Crippen molar-refractivity contribution < 1.29 is 28.7 Å².